The van der Waals surface area contributed by atoms with E-state index in [0.717, 1.165) is 39.8 Å². The number of rotatable bonds is 2. The summed E-state index contributed by atoms with van der Waals surface area (Å²) < 4.78 is 5.10. The van der Waals surface area contributed by atoms with Gasteiger partial charge in [-0.15, -0.1) is 22.7 Å². The third-order valence-corrected chi connectivity index (χ3v) is 9.20. The molecule has 3 nitrogen and oxygen atoms in total. The van der Waals surface area contributed by atoms with E-state index < -0.39 is 0 Å². The highest BCUT2D eigenvalue weighted by Crippen LogP contribution is 2.46. The van der Waals surface area contributed by atoms with Crippen molar-refractivity contribution in [2.45, 2.75) is 60.3 Å². The maximum Gasteiger partial charge on any atom is 0.116 e. The van der Waals surface area contributed by atoms with Gasteiger partial charge in [0.2, 0.25) is 0 Å². The van der Waals surface area contributed by atoms with E-state index in [4.69, 9.17) is 15.0 Å². The Morgan fingerprint density at radius 1 is 0.778 bits per heavy atom. The van der Waals surface area contributed by atoms with Gasteiger partial charge in [0.25, 0.3) is 0 Å². The lowest BCUT2D eigenvalue weighted by atomic mass is 9.84. The van der Waals surface area contributed by atoms with E-state index in [9.17, 15) is 0 Å². The van der Waals surface area contributed by atoms with Crippen LogP contribution in [0.3, 0.4) is 0 Å². The van der Waals surface area contributed by atoms with Crippen LogP contribution in [0.1, 0.15) is 58.4 Å². The van der Waals surface area contributed by atoms with Gasteiger partial charge in [0, 0.05) is 26.7 Å². The van der Waals surface area contributed by atoms with Crippen molar-refractivity contribution in [3.63, 3.8) is 0 Å². The van der Waals surface area contributed by atoms with Crippen molar-refractivity contribution in [1.29, 1.82) is 0 Å². The van der Waals surface area contributed by atoms with E-state index in [-0.39, 0.29) is 10.8 Å². The predicted molar refractivity (Wildman–Crippen MR) is 158 cm³/mol. The maximum atomic E-state index is 4.90. The first-order chi connectivity index (χ1) is 17.0. The van der Waals surface area contributed by atoms with Crippen LogP contribution in [0.15, 0.2) is 48.8 Å². The van der Waals surface area contributed by atoms with Crippen LogP contribution in [-0.4, -0.2) is 15.0 Å². The third-order valence-electron chi connectivity index (χ3n) is 6.68. The molecule has 4 heterocycles. The largest absolute Gasteiger partial charge is 0.253 e. The minimum absolute atomic E-state index is 0.0311. The topological polar surface area (TPSA) is 38.7 Å². The molecule has 0 amide bonds. The lowest BCUT2D eigenvalue weighted by Crippen LogP contribution is -2.13. The number of benzene rings is 2. The van der Waals surface area contributed by atoms with Crippen molar-refractivity contribution in [1.82, 2.24) is 15.0 Å². The van der Waals surface area contributed by atoms with Crippen LogP contribution in [0.2, 0.25) is 0 Å². The Balaban J connectivity index is 1.60. The maximum absolute atomic E-state index is 4.90. The van der Waals surface area contributed by atoms with Gasteiger partial charge in [-0.1, -0.05) is 53.7 Å². The molecule has 36 heavy (non-hydrogen) atoms. The summed E-state index contributed by atoms with van der Waals surface area (Å²) in [6, 6.07) is 15.8. The number of thiophene rings is 2. The molecule has 0 atom stereocenters. The van der Waals surface area contributed by atoms with Gasteiger partial charge >= 0.3 is 0 Å². The van der Waals surface area contributed by atoms with Crippen LogP contribution < -0.4 is 0 Å². The molecule has 0 aliphatic heterocycles. The number of fused-ring (bicyclic) bond motifs is 6. The fourth-order valence-electron chi connectivity index (χ4n) is 5.08. The van der Waals surface area contributed by atoms with Crippen LogP contribution in [0.25, 0.3) is 51.9 Å². The van der Waals surface area contributed by atoms with Crippen LogP contribution in [0.5, 0.6) is 0 Å². The van der Waals surface area contributed by atoms with E-state index in [1.54, 1.807) is 6.33 Å². The van der Waals surface area contributed by atoms with Gasteiger partial charge < -0.3 is 0 Å². The molecule has 0 unspecified atom stereocenters. The molecule has 182 valence electrons. The van der Waals surface area contributed by atoms with Crippen molar-refractivity contribution in [3.05, 3.63) is 65.6 Å². The Morgan fingerprint density at radius 2 is 1.58 bits per heavy atom. The van der Waals surface area contributed by atoms with Gasteiger partial charge in [-0.2, -0.15) is 0 Å². The zero-order chi connectivity index (χ0) is 25.4. The molecule has 0 aliphatic carbocycles. The summed E-state index contributed by atoms with van der Waals surface area (Å²) in [5, 5.41) is 2.50. The Morgan fingerprint density at radius 3 is 2.33 bits per heavy atom. The van der Waals surface area contributed by atoms with Gasteiger partial charge in [0.1, 0.15) is 11.8 Å². The zero-order valence-corrected chi connectivity index (χ0v) is 23.6. The molecule has 0 saturated heterocycles. The molecular formula is C31H31N3S2. The van der Waals surface area contributed by atoms with Crippen molar-refractivity contribution in [2.75, 3.05) is 0 Å². The average Bonchev–Trinajstić information content (AvgIpc) is 3.33. The summed E-state index contributed by atoms with van der Waals surface area (Å²) in [4.78, 5) is 14.5. The summed E-state index contributed by atoms with van der Waals surface area (Å²) in [6.07, 6.45) is 2.80. The smallest absolute Gasteiger partial charge is 0.116 e. The Kier molecular flexibility index (Phi) is 5.26. The van der Waals surface area contributed by atoms with Gasteiger partial charge in [-0.05, 0) is 65.6 Å². The van der Waals surface area contributed by atoms with Crippen LogP contribution in [-0.2, 0) is 11.8 Å². The van der Waals surface area contributed by atoms with Crippen LogP contribution in [0.4, 0.5) is 0 Å². The fourth-order valence-corrected chi connectivity index (χ4v) is 7.73. The summed E-state index contributed by atoms with van der Waals surface area (Å²) in [5.74, 6) is 0. The lowest BCUT2D eigenvalue weighted by Gasteiger charge is -2.22. The van der Waals surface area contributed by atoms with Crippen molar-refractivity contribution >= 4 is 63.3 Å². The highest BCUT2D eigenvalue weighted by molar-refractivity contribution is 7.36. The monoisotopic (exact) mass is 509 g/mol. The van der Waals surface area contributed by atoms with Crippen molar-refractivity contribution in [3.8, 4) is 11.3 Å². The first-order valence-electron chi connectivity index (χ1n) is 12.5. The standard InChI is InChI=1S/C31H31N3S2/c1-17-8-10-19-13-20(14-22(24(19)34-17)31(5,6)7)25-28-26(33-16-32-25)29-27(36-28)21-12-18(15-30(2,3)4)9-11-23(21)35-29/h8-14,16H,15H2,1-7H3. The Hall–Kier alpha value is -2.89. The minimum atomic E-state index is -0.0311. The Bertz CT molecular complexity index is 1790. The molecule has 5 heteroatoms. The van der Waals surface area contributed by atoms with Gasteiger partial charge in [-0.3, -0.25) is 4.98 Å². The van der Waals surface area contributed by atoms with E-state index in [1.165, 1.54) is 35.3 Å². The molecule has 0 fully saturated rings. The van der Waals surface area contributed by atoms with Crippen molar-refractivity contribution in [2.24, 2.45) is 5.41 Å². The second kappa shape index (κ2) is 8.06. The molecule has 2 aromatic carbocycles. The quantitative estimate of drug-likeness (QED) is 0.233. The molecule has 0 radical (unpaired) electrons. The SMILES string of the molecule is Cc1ccc2cc(-c3ncnc4c3sc3c5cc(CC(C)(C)C)ccc5sc43)cc(C(C)(C)C)c2n1. The average molecular weight is 510 g/mol. The first kappa shape index (κ1) is 23.5. The zero-order valence-electron chi connectivity index (χ0n) is 22.0. The summed E-state index contributed by atoms with van der Waals surface area (Å²) in [6.45, 7) is 15.7. The number of hydrogen-bond donors (Lipinski definition) is 0. The van der Waals surface area contributed by atoms with Gasteiger partial charge in [-0.25, -0.2) is 9.97 Å². The number of aromatic nitrogens is 3. The summed E-state index contributed by atoms with van der Waals surface area (Å²) in [5.41, 5.74) is 8.22. The summed E-state index contributed by atoms with van der Waals surface area (Å²) in [7, 11) is 0. The van der Waals surface area contributed by atoms with E-state index in [0.29, 0.717) is 0 Å². The van der Waals surface area contributed by atoms with Gasteiger partial charge in [0.15, 0.2) is 0 Å². The molecule has 6 aromatic rings. The molecule has 0 N–H and O–H groups in total. The first-order valence-corrected chi connectivity index (χ1v) is 14.1. The third kappa shape index (κ3) is 3.99. The predicted octanol–water partition coefficient (Wildman–Crippen LogP) is 9.47. The Labute approximate surface area is 220 Å². The molecular weight excluding hydrogens is 478 g/mol. The van der Waals surface area contributed by atoms with Crippen molar-refractivity contribution < 1.29 is 0 Å². The fraction of sp³-hybridized carbons (Fsp3) is 0.323. The van der Waals surface area contributed by atoms with Crippen LogP contribution >= 0.6 is 22.7 Å². The van der Waals surface area contributed by atoms with Crippen LogP contribution in [0, 0.1) is 12.3 Å². The molecule has 0 aliphatic rings. The highest BCUT2D eigenvalue weighted by Gasteiger charge is 2.22. The van der Waals surface area contributed by atoms with E-state index in [2.05, 4.69) is 90.9 Å². The number of pyridine rings is 1. The van der Waals surface area contributed by atoms with E-state index >= 15 is 0 Å². The van der Waals surface area contributed by atoms with E-state index in [1.807, 2.05) is 22.7 Å². The normalized spacial score (nSPS) is 13.0. The number of aryl methyl sites for hydroxylation is 1. The highest BCUT2D eigenvalue weighted by atomic mass is 32.1. The second-order valence-electron chi connectivity index (χ2n) is 12.1. The molecule has 6 rings (SSSR count). The number of nitrogens with zero attached hydrogens (tertiary/aromatic N) is 3. The molecule has 0 bridgehead atoms. The molecule has 4 aromatic heterocycles. The molecule has 0 saturated carbocycles. The minimum Gasteiger partial charge on any atom is -0.253 e. The second-order valence-corrected chi connectivity index (χ2v) is 14.2. The van der Waals surface area contributed by atoms with Gasteiger partial charge in [0.05, 0.1) is 25.3 Å². The lowest BCUT2D eigenvalue weighted by molar-refractivity contribution is 0.411. The molecule has 0 spiro atoms. The summed E-state index contributed by atoms with van der Waals surface area (Å²) >= 11 is 3.69. The number of hydrogen-bond acceptors (Lipinski definition) is 5.